The Hall–Kier alpha value is -3.95. The van der Waals surface area contributed by atoms with Crippen LogP contribution >= 0.6 is 7.14 Å². The Balaban J connectivity index is 1.59. The Bertz CT molecular complexity index is 1270. The maximum Gasteiger partial charge on any atom is 0.174 e. The number of aromatic nitrogens is 4. The summed E-state index contributed by atoms with van der Waals surface area (Å²) in [6.07, 6.45) is 6.83. The molecule has 4 heterocycles. The van der Waals surface area contributed by atoms with E-state index in [2.05, 4.69) is 19.9 Å². The largest absolute Gasteiger partial charge is 0.309 e. The molecule has 5 rings (SSSR count). The Kier molecular flexibility index (Phi) is 5.40. The van der Waals surface area contributed by atoms with Crippen molar-refractivity contribution in [2.24, 2.45) is 0 Å². The van der Waals surface area contributed by atoms with E-state index in [1.165, 1.54) is 0 Å². The summed E-state index contributed by atoms with van der Waals surface area (Å²) in [4.78, 5) is 17.8. The van der Waals surface area contributed by atoms with Gasteiger partial charge in [-0.15, -0.1) is 0 Å². The van der Waals surface area contributed by atoms with Crippen molar-refractivity contribution in [2.75, 3.05) is 0 Å². The van der Waals surface area contributed by atoms with Crippen LogP contribution < -0.4 is 15.9 Å². The average molecular weight is 434 g/mol. The molecule has 5 aromatic rings. The Labute approximate surface area is 186 Å². The zero-order chi connectivity index (χ0) is 21.8. The Morgan fingerprint density at radius 3 is 1.31 bits per heavy atom. The van der Waals surface area contributed by atoms with Crippen molar-refractivity contribution in [1.29, 1.82) is 0 Å². The fourth-order valence-corrected chi connectivity index (χ4v) is 6.06. The van der Waals surface area contributed by atoms with Crippen LogP contribution in [0.3, 0.4) is 0 Å². The van der Waals surface area contributed by atoms with Crippen molar-refractivity contribution in [3.63, 3.8) is 0 Å². The van der Waals surface area contributed by atoms with E-state index in [4.69, 9.17) is 0 Å². The third kappa shape index (κ3) is 3.75. The molecule has 0 N–H and O–H groups in total. The molecule has 0 saturated carbocycles. The molecule has 0 radical (unpaired) electrons. The van der Waals surface area contributed by atoms with Gasteiger partial charge in [0.05, 0.1) is 22.8 Å². The predicted molar refractivity (Wildman–Crippen MR) is 128 cm³/mol. The molecule has 0 saturated heterocycles. The van der Waals surface area contributed by atoms with Gasteiger partial charge in [-0.3, -0.25) is 19.9 Å². The molecule has 5 nitrogen and oxygen atoms in total. The predicted octanol–water partition coefficient (Wildman–Crippen LogP) is 4.24. The van der Waals surface area contributed by atoms with E-state index in [9.17, 15) is 4.57 Å². The lowest BCUT2D eigenvalue weighted by atomic mass is 10.2. The van der Waals surface area contributed by atoms with Crippen LogP contribution in [-0.2, 0) is 4.57 Å². The number of hydrogen-bond donors (Lipinski definition) is 0. The molecule has 0 unspecified atom stereocenters. The third-order valence-corrected chi connectivity index (χ3v) is 8.21. The smallest absolute Gasteiger partial charge is 0.174 e. The first-order valence-electron chi connectivity index (χ1n) is 10.2. The molecule has 0 aliphatic rings. The van der Waals surface area contributed by atoms with E-state index < -0.39 is 7.14 Å². The first-order valence-corrected chi connectivity index (χ1v) is 11.9. The zero-order valence-corrected chi connectivity index (χ0v) is 18.0. The van der Waals surface area contributed by atoms with Crippen LogP contribution in [0.2, 0.25) is 0 Å². The van der Waals surface area contributed by atoms with Crippen molar-refractivity contribution < 1.29 is 4.57 Å². The fraction of sp³-hybridized carbons (Fsp3) is 0. The van der Waals surface area contributed by atoms with E-state index >= 15 is 0 Å². The summed E-state index contributed by atoms with van der Waals surface area (Å²) in [6.45, 7) is 0. The zero-order valence-electron chi connectivity index (χ0n) is 17.1. The second-order valence-electron chi connectivity index (χ2n) is 7.18. The van der Waals surface area contributed by atoms with Crippen LogP contribution in [-0.4, -0.2) is 19.9 Å². The second-order valence-corrected chi connectivity index (χ2v) is 9.95. The van der Waals surface area contributed by atoms with Crippen LogP contribution in [0, 0.1) is 0 Å². The summed E-state index contributed by atoms with van der Waals surface area (Å²) in [6, 6.07) is 28.3. The Morgan fingerprint density at radius 1 is 0.438 bits per heavy atom. The summed E-state index contributed by atoms with van der Waals surface area (Å²) in [5.74, 6) is 0. The summed E-state index contributed by atoms with van der Waals surface area (Å²) in [5.41, 5.74) is 3.01. The van der Waals surface area contributed by atoms with Gasteiger partial charge in [-0.05, 0) is 48.5 Å². The molecule has 0 aliphatic carbocycles. The highest BCUT2D eigenvalue weighted by Crippen LogP contribution is 2.42. The van der Waals surface area contributed by atoms with E-state index in [1.54, 1.807) is 24.8 Å². The van der Waals surface area contributed by atoms with Crippen molar-refractivity contribution in [3.8, 4) is 22.8 Å². The SMILES string of the molecule is O=P(c1ccccc1)(c1ccc(-c2ccccn2)nc1)c1ccc(-c2ccccn2)nc1. The molecule has 4 aromatic heterocycles. The van der Waals surface area contributed by atoms with Gasteiger partial charge in [-0.1, -0.05) is 42.5 Å². The molecule has 0 spiro atoms. The van der Waals surface area contributed by atoms with Crippen LogP contribution in [0.4, 0.5) is 0 Å². The highest BCUT2D eigenvalue weighted by Gasteiger charge is 2.30. The molecule has 0 atom stereocenters. The van der Waals surface area contributed by atoms with Gasteiger partial charge >= 0.3 is 0 Å². The third-order valence-electron chi connectivity index (χ3n) is 5.20. The minimum atomic E-state index is -3.17. The molecule has 0 fully saturated rings. The maximum absolute atomic E-state index is 14.6. The number of hydrogen-bond acceptors (Lipinski definition) is 5. The minimum Gasteiger partial charge on any atom is -0.309 e. The van der Waals surface area contributed by atoms with E-state index in [0.717, 1.165) is 28.1 Å². The molecule has 0 bridgehead atoms. The number of benzene rings is 1. The van der Waals surface area contributed by atoms with Gasteiger partial charge in [-0.2, -0.15) is 0 Å². The van der Waals surface area contributed by atoms with E-state index in [-0.39, 0.29) is 0 Å². The van der Waals surface area contributed by atoms with Crippen LogP contribution in [0.5, 0.6) is 0 Å². The minimum absolute atomic E-state index is 0.649. The van der Waals surface area contributed by atoms with Crippen LogP contribution in [0.1, 0.15) is 0 Å². The van der Waals surface area contributed by atoms with Crippen LogP contribution in [0.15, 0.2) is 116 Å². The number of nitrogens with zero attached hydrogens (tertiary/aromatic N) is 4. The van der Waals surface area contributed by atoms with Crippen molar-refractivity contribution in [1.82, 2.24) is 19.9 Å². The average Bonchev–Trinajstić information content (AvgIpc) is 2.90. The van der Waals surface area contributed by atoms with E-state index in [1.807, 2.05) is 91.0 Å². The lowest BCUT2D eigenvalue weighted by Gasteiger charge is -2.19. The summed E-state index contributed by atoms with van der Waals surface area (Å²) in [7, 11) is -3.17. The van der Waals surface area contributed by atoms with Crippen LogP contribution in [0.25, 0.3) is 22.8 Å². The normalized spacial score (nSPS) is 11.2. The second kappa shape index (κ2) is 8.66. The number of rotatable bonds is 5. The molecule has 0 amide bonds. The van der Waals surface area contributed by atoms with Gasteiger partial charge in [0, 0.05) is 40.7 Å². The first-order chi connectivity index (χ1) is 15.7. The van der Waals surface area contributed by atoms with E-state index in [0.29, 0.717) is 10.6 Å². The molecule has 6 heteroatoms. The standard InChI is InChI=1S/C26H19N4OP/c31-32(20-8-2-1-3-9-20,21-12-14-25(29-18-21)23-10-4-6-16-27-23)22-13-15-26(30-19-22)24-11-5-7-17-28-24/h1-19H. The summed E-state index contributed by atoms with van der Waals surface area (Å²) in [5, 5.41) is 2.03. The van der Waals surface area contributed by atoms with Gasteiger partial charge in [0.1, 0.15) is 0 Å². The van der Waals surface area contributed by atoms with Crippen molar-refractivity contribution in [2.45, 2.75) is 0 Å². The molecular weight excluding hydrogens is 415 g/mol. The van der Waals surface area contributed by atoms with Gasteiger partial charge in [-0.25, -0.2) is 0 Å². The summed E-state index contributed by atoms with van der Waals surface area (Å²) >= 11 is 0. The molecular formula is C26H19N4OP. The lowest BCUT2D eigenvalue weighted by Crippen LogP contribution is -2.25. The number of pyridine rings is 4. The maximum atomic E-state index is 14.6. The molecule has 154 valence electrons. The van der Waals surface area contributed by atoms with Gasteiger partial charge in [0.25, 0.3) is 0 Å². The highest BCUT2D eigenvalue weighted by molar-refractivity contribution is 7.85. The summed E-state index contributed by atoms with van der Waals surface area (Å²) < 4.78 is 14.6. The quantitative estimate of drug-likeness (QED) is 0.387. The van der Waals surface area contributed by atoms with Gasteiger partial charge in [0.15, 0.2) is 7.14 Å². The Morgan fingerprint density at radius 2 is 0.906 bits per heavy atom. The lowest BCUT2D eigenvalue weighted by molar-refractivity contribution is 0.592. The fourth-order valence-electron chi connectivity index (χ4n) is 3.56. The topological polar surface area (TPSA) is 68.6 Å². The van der Waals surface area contributed by atoms with Crippen molar-refractivity contribution in [3.05, 3.63) is 116 Å². The monoisotopic (exact) mass is 434 g/mol. The van der Waals surface area contributed by atoms with Crippen molar-refractivity contribution >= 4 is 23.1 Å². The molecule has 1 aromatic carbocycles. The highest BCUT2D eigenvalue weighted by atomic mass is 31.2. The van der Waals surface area contributed by atoms with Gasteiger partial charge in [0.2, 0.25) is 0 Å². The molecule has 32 heavy (non-hydrogen) atoms. The first kappa shape index (κ1) is 20.0. The molecule has 0 aliphatic heterocycles. The van der Waals surface area contributed by atoms with Gasteiger partial charge < -0.3 is 4.57 Å².